The maximum atomic E-state index is 11.5. The van der Waals surface area contributed by atoms with Gasteiger partial charge >= 0.3 is 11.7 Å². The Hall–Kier alpha value is -3.09. The van der Waals surface area contributed by atoms with Gasteiger partial charge in [-0.05, 0) is 18.2 Å². The first-order valence-corrected chi connectivity index (χ1v) is 5.92. The standard InChI is InChI=1S/C14H12N2O5/c1-20-14(17)9-7-11(15)13(12(8-9)16(18)19)21-10-5-3-2-4-6-10/h2-8H,15H2,1H3. The Balaban J connectivity index is 2.50. The number of nitrogens with zero attached hydrogens (tertiary/aromatic N) is 1. The van der Waals surface area contributed by atoms with Crippen LogP contribution in [0.25, 0.3) is 0 Å². The molecule has 21 heavy (non-hydrogen) atoms. The topological polar surface area (TPSA) is 105 Å². The number of rotatable bonds is 4. The molecule has 0 aromatic heterocycles. The minimum Gasteiger partial charge on any atom is -0.465 e. The molecule has 0 fully saturated rings. The summed E-state index contributed by atoms with van der Waals surface area (Å²) in [4.78, 5) is 21.9. The van der Waals surface area contributed by atoms with E-state index in [2.05, 4.69) is 4.74 Å². The molecule has 0 atom stereocenters. The van der Waals surface area contributed by atoms with Gasteiger partial charge in [0, 0.05) is 6.07 Å². The van der Waals surface area contributed by atoms with Crippen molar-refractivity contribution in [2.24, 2.45) is 0 Å². The van der Waals surface area contributed by atoms with Crippen LogP contribution in [0.3, 0.4) is 0 Å². The Labute approximate surface area is 120 Å². The highest BCUT2D eigenvalue weighted by atomic mass is 16.6. The van der Waals surface area contributed by atoms with E-state index < -0.39 is 16.6 Å². The van der Waals surface area contributed by atoms with Crippen LogP contribution in [0, 0.1) is 10.1 Å². The van der Waals surface area contributed by atoms with Crippen molar-refractivity contribution in [2.75, 3.05) is 12.8 Å². The number of nitro benzene ring substituents is 1. The van der Waals surface area contributed by atoms with Crippen molar-refractivity contribution >= 4 is 17.3 Å². The Kier molecular flexibility index (Phi) is 4.03. The summed E-state index contributed by atoms with van der Waals surface area (Å²) in [6.45, 7) is 0. The van der Waals surface area contributed by atoms with Crippen LogP contribution in [-0.4, -0.2) is 18.0 Å². The van der Waals surface area contributed by atoms with E-state index in [1.807, 2.05) is 0 Å². The van der Waals surface area contributed by atoms with Gasteiger partial charge in [0.2, 0.25) is 5.75 Å². The number of nitrogens with two attached hydrogens (primary N) is 1. The zero-order valence-electron chi connectivity index (χ0n) is 11.1. The van der Waals surface area contributed by atoms with E-state index in [1.165, 1.54) is 13.2 Å². The summed E-state index contributed by atoms with van der Waals surface area (Å²) in [5.41, 5.74) is 5.33. The van der Waals surface area contributed by atoms with Crippen molar-refractivity contribution in [1.29, 1.82) is 0 Å². The van der Waals surface area contributed by atoms with Crippen molar-refractivity contribution in [1.82, 2.24) is 0 Å². The van der Waals surface area contributed by atoms with Gasteiger partial charge in [-0.1, -0.05) is 18.2 Å². The molecule has 2 aromatic carbocycles. The van der Waals surface area contributed by atoms with Gasteiger partial charge < -0.3 is 15.2 Å². The third-order valence-electron chi connectivity index (χ3n) is 2.68. The van der Waals surface area contributed by atoms with Crippen molar-refractivity contribution in [3.05, 3.63) is 58.1 Å². The lowest BCUT2D eigenvalue weighted by Gasteiger charge is -2.10. The zero-order valence-corrected chi connectivity index (χ0v) is 11.1. The summed E-state index contributed by atoms with van der Waals surface area (Å²) in [6.07, 6.45) is 0. The molecule has 2 rings (SSSR count). The Morgan fingerprint density at radius 3 is 2.48 bits per heavy atom. The summed E-state index contributed by atoms with van der Waals surface area (Å²) in [7, 11) is 1.18. The van der Waals surface area contributed by atoms with Crippen LogP contribution < -0.4 is 10.5 Å². The summed E-state index contributed by atoms with van der Waals surface area (Å²) in [6, 6.07) is 10.8. The lowest BCUT2D eigenvalue weighted by molar-refractivity contribution is -0.385. The average molecular weight is 288 g/mol. The zero-order chi connectivity index (χ0) is 15.4. The normalized spacial score (nSPS) is 9.95. The molecular formula is C14H12N2O5. The molecule has 0 amide bonds. The first-order valence-electron chi connectivity index (χ1n) is 5.92. The molecule has 108 valence electrons. The maximum Gasteiger partial charge on any atom is 0.338 e. The highest BCUT2D eigenvalue weighted by Gasteiger charge is 2.23. The van der Waals surface area contributed by atoms with E-state index in [0.717, 1.165) is 6.07 Å². The Bertz CT molecular complexity index is 685. The summed E-state index contributed by atoms with van der Waals surface area (Å²) < 4.78 is 9.98. The quantitative estimate of drug-likeness (QED) is 0.401. The number of benzene rings is 2. The average Bonchev–Trinajstić information content (AvgIpc) is 2.49. The van der Waals surface area contributed by atoms with E-state index in [0.29, 0.717) is 5.75 Å². The number of carbonyl (C=O) groups excluding carboxylic acids is 1. The Morgan fingerprint density at radius 2 is 1.90 bits per heavy atom. The molecule has 0 saturated carbocycles. The first-order chi connectivity index (χ1) is 10.0. The van der Waals surface area contributed by atoms with Gasteiger partial charge in [-0.2, -0.15) is 0 Å². The fourth-order valence-electron chi connectivity index (χ4n) is 1.72. The van der Waals surface area contributed by atoms with Crippen LogP contribution in [0.1, 0.15) is 10.4 Å². The number of hydrogen-bond donors (Lipinski definition) is 1. The van der Waals surface area contributed by atoms with Gasteiger partial charge in [-0.25, -0.2) is 4.79 Å². The largest absolute Gasteiger partial charge is 0.465 e. The fourth-order valence-corrected chi connectivity index (χ4v) is 1.72. The SMILES string of the molecule is COC(=O)c1cc(N)c(Oc2ccccc2)c([N+](=O)[O-])c1. The van der Waals surface area contributed by atoms with Crippen molar-refractivity contribution in [3.63, 3.8) is 0 Å². The second-order valence-corrected chi connectivity index (χ2v) is 4.08. The number of nitro groups is 1. The number of para-hydroxylation sites is 1. The van der Waals surface area contributed by atoms with Crippen LogP contribution in [0.4, 0.5) is 11.4 Å². The number of ether oxygens (including phenoxy) is 2. The van der Waals surface area contributed by atoms with E-state index in [-0.39, 0.29) is 17.0 Å². The Morgan fingerprint density at radius 1 is 1.24 bits per heavy atom. The molecule has 2 N–H and O–H groups in total. The van der Waals surface area contributed by atoms with Gasteiger partial charge in [0.25, 0.3) is 0 Å². The van der Waals surface area contributed by atoms with Crippen LogP contribution in [0.2, 0.25) is 0 Å². The second kappa shape index (κ2) is 5.91. The van der Waals surface area contributed by atoms with Gasteiger partial charge in [-0.3, -0.25) is 10.1 Å². The minimum absolute atomic E-state index is 0.0119. The van der Waals surface area contributed by atoms with Gasteiger partial charge in [-0.15, -0.1) is 0 Å². The van der Waals surface area contributed by atoms with Crippen LogP contribution in [0.5, 0.6) is 11.5 Å². The van der Waals surface area contributed by atoms with Crippen molar-refractivity contribution < 1.29 is 19.2 Å². The molecule has 0 aliphatic rings. The summed E-state index contributed by atoms with van der Waals surface area (Å²) in [5, 5.41) is 11.1. The molecule has 0 aliphatic carbocycles. The molecule has 0 unspecified atom stereocenters. The van der Waals surface area contributed by atoms with E-state index in [1.54, 1.807) is 30.3 Å². The van der Waals surface area contributed by atoms with E-state index in [9.17, 15) is 14.9 Å². The number of carbonyl (C=O) groups is 1. The van der Waals surface area contributed by atoms with Crippen LogP contribution in [-0.2, 0) is 4.74 Å². The number of anilines is 1. The molecule has 0 saturated heterocycles. The maximum absolute atomic E-state index is 11.5. The smallest absolute Gasteiger partial charge is 0.338 e. The molecule has 0 aliphatic heterocycles. The molecule has 7 heteroatoms. The van der Waals surface area contributed by atoms with E-state index in [4.69, 9.17) is 10.5 Å². The fraction of sp³-hybridized carbons (Fsp3) is 0.0714. The third-order valence-corrected chi connectivity index (χ3v) is 2.68. The van der Waals surface area contributed by atoms with Crippen LogP contribution >= 0.6 is 0 Å². The lowest BCUT2D eigenvalue weighted by atomic mass is 10.1. The lowest BCUT2D eigenvalue weighted by Crippen LogP contribution is -2.05. The highest BCUT2D eigenvalue weighted by Crippen LogP contribution is 2.38. The molecular weight excluding hydrogens is 276 g/mol. The number of methoxy groups -OCH3 is 1. The summed E-state index contributed by atoms with van der Waals surface area (Å²) in [5.74, 6) is -0.423. The second-order valence-electron chi connectivity index (χ2n) is 4.08. The van der Waals surface area contributed by atoms with E-state index >= 15 is 0 Å². The molecule has 7 nitrogen and oxygen atoms in total. The van der Waals surface area contributed by atoms with Gasteiger partial charge in [0.05, 0.1) is 23.3 Å². The van der Waals surface area contributed by atoms with Gasteiger partial charge in [0.1, 0.15) is 5.75 Å². The molecule has 0 bridgehead atoms. The monoisotopic (exact) mass is 288 g/mol. The predicted octanol–water partition coefficient (Wildman–Crippen LogP) is 2.76. The summed E-state index contributed by atoms with van der Waals surface area (Å²) >= 11 is 0. The van der Waals surface area contributed by atoms with Gasteiger partial charge in [0.15, 0.2) is 0 Å². The number of nitrogen functional groups attached to an aromatic ring is 1. The molecule has 0 radical (unpaired) electrons. The molecule has 0 heterocycles. The third kappa shape index (κ3) is 3.08. The minimum atomic E-state index is -0.712. The van der Waals surface area contributed by atoms with Crippen LogP contribution in [0.15, 0.2) is 42.5 Å². The number of hydrogen-bond acceptors (Lipinski definition) is 6. The predicted molar refractivity (Wildman–Crippen MR) is 75.4 cm³/mol. The van der Waals surface area contributed by atoms with Crippen molar-refractivity contribution in [2.45, 2.75) is 0 Å². The number of esters is 1. The first kappa shape index (κ1) is 14.3. The molecule has 0 spiro atoms. The van der Waals surface area contributed by atoms with Crippen molar-refractivity contribution in [3.8, 4) is 11.5 Å². The molecule has 2 aromatic rings. The highest BCUT2D eigenvalue weighted by molar-refractivity contribution is 5.92.